The zero-order chi connectivity index (χ0) is 33.0. The van der Waals surface area contributed by atoms with Crippen LogP contribution in [0, 0.1) is 0 Å². The summed E-state index contributed by atoms with van der Waals surface area (Å²) in [6.45, 7) is 0. The summed E-state index contributed by atoms with van der Waals surface area (Å²) in [7, 11) is 0. The predicted octanol–water partition coefficient (Wildman–Crippen LogP) is 11.7. The van der Waals surface area contributed by atoms with Crippen LogP contribution in [-0.2, 0) is 0 Å². The minimum atomic E-state index is 0.704. The number of rotatable bonds is 5. The van der Waals surface area contributed by atoms with Gasteiger partial charge in [-0.3, -0.25) is 4.57 Å². The molecule has 0 radical (unpaired) electrons. The maximum atomic E-state index is 5.32. The Morgan fingerprint density at radius 3 is 1.66 bits per heavy atom. The summed E-state index contributed by atoms with van der Waals surface area (Å²) < 4.78 is 4.66. The summed E-state index contributed by atoms with van der Waals surface area (Å²) >= 11 is 0. The fraction of sp³-hybridized carbons (Fsp3) is 0. The SMILES string of the molecule is c1ccc(-c2nc(-c3ccccc3)c3c4cc(-c5cccc6c5c5ccccc5n6-c5ccccc5)ccc4n(-c4ccccc4)c3n2)cc1. The second kappa shape index (κ2) is 11.4. The zero-order valence-electron chi connectivity index (χ0n) is 27.1. The molecule has 10 rings (SSSR count). The van der Waals surface area contributed by atoms with Gasteiger partial charge in [0.05, 0.1) is 27.6 Å². The van der Waals surface area contributed by atoms with Crippen LogP contribution in [0.4, 0.5) is 0 Å². The van der Waals surface area contributed by atoms with Crippen LogP contribution in [0.25, 0.3) is 88.9 Å². The molecular formula is C46H30N4. The normalized spacial score (nSPS) is 11.6. The molecule has 3 aromatic heterocycles. The van der Waals surface area contributed by atoms with E-state index in [9.17, 15) is 0 Å². The molecule has 7 aromatic carbocycles. The highest BCUT2D eigenvalue weighted by molar-refractivity contribution is 6.18. The molecule has 0 aliphatic rings. The topological polar surface area (TPSA) is 35.6 Å². The van der Waals surface area contributed by atoms with Crippen LogP contribution in [0.1, 0.15) is 0 Å². The highest BCUT2D eigenvalue weighted by Gasteiger charge is 2.22. The van der Waals surface area contributed by atoms with E-state index in [0.29, 0.717) is 5.82 Å². The maximum Gasteiger partial charge on any atom is 0.162 e. The first-order valence-electron chi connectivity index (χ1n) is 16.9. The van der Waals surface area contributed by atoms with Gasteiger partial charge in [-0.25, -0.2) is 9.97 Å². The van der Waals surface area contributed by atoms with E-state index < -0.39 is 0 Å². The van der Waals surface area contributed by atoms with Crippen LogP contribution in [0.15, 0.2) is 182 Å². The van der Waals surface area contributed by atoms with Gasteiger partial charge in [-0.05, 0) is 59.7 Å². The van der Waals surface area contributed by atoms with Crippen LogP contribution >= 0.6 is 0 Å². The molecule has 234 valence electrons. The van der Waals surface area contributed by atoms with E-state index in [4.69, 9.17) is 9.97 Å². The third kappa shape index (κ3) is 4.39. The molecule has 4 nitrogen and oxygen atoms in total. The molecule has 0 aliphatic carbocycles. The lowest BCUT2D eigenvalue weighted by molar-refractivity contribution is 1.11. The molecule has 0 saturated carbocycles. The van der Waals surface area contributed by atoms with Gasteiger partial charge in [-0.15, -0.1) is 0 Å². The van der Waals surface area contributed by atoms with Crippen molar-refractivity contribution in [1.82, 2.24) is 19.1 Å². The number of para-hydroxylation sites is 3. The van der Waals surface area contributed by atoms with E-state index in [-0.39, 0.29) is 0 Å². The quantitative estimate of drug-likeness (QED) is 0.188. The van der Waals surface area contributed by atoms with E-state index in [1.54, 1.807) is 0 Å². The van der Waals surface area contributed by atoms with Crippen LogP contribution in [0.2, 0.25) is 0 Å². The number of nitrogens with zero attached hydrogens (tertiary/aromatic N) is 4. The van der Waals surface area contributed by atoms with Crippen molar-refractivity contribution in [2.45, 2.75) is 0 Å². The molecule has 0 spiro atoms. The van der Waals surface area contributed by atoms with E-state index in [2.05, 4.69) is 173 Å². The fourth-order valence-electron chi connectivity index (χ4n) is 7.55. The molecule has 0 amide bonds. The molecular weight excluding hydrogens is 609 g/mol. The van der Waals surface area contributed by atoms with E-state index in [0.717, 1.165) is 55.7 Å². The molecule has 0 fully saturated rings. The van der Waals surface area contributed by atoms with Crippen molar-refractivity contribution in [2.24, 2.45) is 0 Å². The summed E-state index contributed by atoms with van der Waals surface area (Å²) in [4.78, 5) is 10.6. The molecule has 0 saturated heterocycles. The predicted molar refractivity (Wildman–Crippen MR) is 207 cm³/mol. The minimum absolute atomic E-state index is 0.704. The van der Waals surface area contributed by atoms with Crippen molar-refractivity contribution in [3.8, 4) is 45.1 Å². The lowest BCUT2D eigenvalue weighted by atomic mass is 9.97. The largest absolute Gasteiger partial charge is 0.309 e. The molecule has 10 aromatic rings. The monoisotopic (exact) mass is 638 g/mol. The van der Waals surface area contributed by atoms with Crippen LogP contribution in [0.5, 0.6) is 0 Å². The summed E-state index contributed by atoms with van der Waals surface area (Å²) in [5.41, 5.74) is 11.9. The molecule has 0 bridgehead atoms. The molecule has 0 unspecified atom stereocenters. The Morgan fingerprint density at radius 2 is 0.940 bits per heavy atom. The second-order valence-electron chi connectivity index (χ2n) is 12.6. The Bertz CT molecular complexity index is 2840. The van der Waals surface area contributed by atoms with Gasteiger partial charge in [0.2, 0.25) is 0 Å². The van der Waals surface area contributed by atoms with Gasteiger partial charge in [-0.2, -0.15) is 0 Å². The Morgan fingerprint density at radius 1 is 0.360 bits per heavy atom. The summed E-state index contributed by atoms with van der Waals surface area (Å²) in [6.07, 6.45) is 0. The summed E-state index contributed by atoms with van der Waals surface area (Å²) in [5, 5.41) is 4.62. The van der Waals surface area contributed by atoms with Gasteiger partial charge in [0, 0.05) is 38.7 Å². The zero-order valence-corrected chi connectivity index (χ0v) is 27.1. The molecule has 0 atom stereocenters. The van der Waals surface area contributed by atoms with Gasteiger partial charge in [-0.1, -0.05) is 133 Å². The third-order valence-electron chi connectivity index (χ3n) is 9.73. The third-order valence-corrected chi connectivity index (χ3v) is 9.73. The number of hydrogen-bond acceptors (Lipinski definition) is 2. The van der Waals surface area contributed by atoms with Crippen LogP contribution in [0.3, 0.4) is 0 Å². The highest BCUT2D eigenvalue weighted by Crippen LogP contribution is 2.43. The second-order valence-corrected chi connectivity index (χ2v) is 12.6. The van der Waals surface area contributed by atoms with Crippen molar-refractivity contribution < 1.29 is 0 Å². The summed E-state index contributed by atoms with van der Waals surface area (Å²) in [5.74, 6) is 0.704. The first-order chi connectivity index (χ1) is 24.8. The Labute approximate surface area is 289 Å². The Hall–Kier alpha value is -6.78. The van der Waals surface area contributed by atoms with E-state index in [1.165, 1.54) is 27.4 Å². The van der Waals surface area contributed by atoms with E-state index in [1.807, 2.05) is 18.2 Å². The number of benzene rings is 7. The molecule has 0 N–H and O–H groups in total. The van der Waals surface area contributed by atoms with Gasteiger partial charge in [0.15, 0.2) is 5.82 Å². The Kier molecular flexibility index (Phi) is 6.46. The highest BCUT2D eigenvalue weighted by atomic mass is 15.1. The number of fused-ring (bicyclic) bond motifs is 6. The van der Waals surface area contributed by atoms with Crippen LogP contribution < -0.4 is 0 Å². The van der Waals surface area contributed by atoms with Crippen molar-refractivity contribution >= 4 is 43.7 Å². The van der Waals surface area contributed by atoms with Gasteiger partial charge in [0.1, 0.15) is 5.65 Å². The van der Waals surface area contributed by atoms with Crippen molar-refractivity contribution in [2.75, 3.05) is 0 Å². The standard InChI is InChI=1S/C46H30N4/c1-5-16-31(17-6-1)44-43-38-30-33(36-25-15-27-41-42(36)37-24-13-14-26-39(37)49(41)34-20-9-3-10-21-34)28-29-40(38)50(35-22-11-4-12-23-35)46(43)48-45(47-44)32-18-7-2-8-19-32/h1-30H. The number of aromatic nitrogens is 4. The molecule has 0 aliphatic heterocycles. The van der Waals surface area contributed by atoms with Crippen molar-refractivity contribution in [3.63, 3.8) is 0 Å². The van der Waals surface area contributed by atoms with E-state index >= 15 is 0 Å². The van der Waals surface area contributed by atoms with Gasteiger partial charge >= 0.3 is 0 Å². The molecule has 4 heteroatoms. The molecule has 3 heterocycles. The average Bonchev–Trinajstić information content (AvgIpc) is 3.71. The fourth-order valence-corrected chi connectivity index (χ4v) is 7.55. The first kappa shape index (κ1) is 28.3. The van der Waals surface area contributed by atoms with Gasteiger partial charge in [0.25, 0.3) is 0 Å². The minimum Gasteiger partial charge on any atom is -0.309 e. The Balaban J connectivity index is 1.31. The average molecular weight is 639 g/mol. The first-order valence-corrected chi connectivity index (χ1v) is 16.9. The van der Waals surface area contributed by atoms with Crippen molar-refractivity contribution in [3.05, 3.63) is 182 Å². The summed E-state index contributed by atoms with van der Waals surface area (Å²) in [6, 6.07) is 64.2. The lowest BCUT2D eigenvalue weighted by Gasteiger charge is -2.10. The van der Waals surface area contributed by atoms with Crippen LogP contribution in [-0.4, -0.2) is 19.1 Å². The van der Waals surface area contributed by atoms with Gasteiger partial charge < -0.3 is 4.57 Å². The lowest BCUT2D eigenvalue weighted by Crippen LogP contribution is -1.99. The molecule has 50 heavy (non-hydrogen) atoms. The maximum absolute atomic E-state index is 5.32. The van der Waals surface area contributed by atoms with Crippen molar-refractivity contribution in [1.29, 1.82) is 0 Å². The smallest absolute Gasteiger partial charge is 0.162 e. The number of hydrogen-bond donors (Lipinski definition) is 0.